The SMILES string of the molecule is CCN(CC)CCN1CC(CBr)OCC1C. The zero-order chi connectivity index (χ0) is 12.0. The van der Waals surface area contributed by atoms with Crippen molar-refractivity contribution in [3.05, 3.63) is 0 Å². The van der Waals surface area contributed by atoms with Gasteiger partial charge in [-0.3, -0.25) is 4.90 Å². The Bertz CT molecular complexity index is 188. The van der Waals surface area contributed by atoms with Gasteiger partial charge in [0.2, 0.25) is 0 Å². The van der Waals surface area contributed by atoms with Crippen LogP contribution in [0.3, 0.4) is 0 Å². The molecule has 0 amide bonds. The summed E-state index contributed by atoms with van der Waals surface area (Å²) in [5.41, 5.74) is 0. The Morgan fingerprint density at radius 1 is 1.38 bits per heavy atom. The van der Waals surface area contributed by atoms with Crippen molar-refractivity contribution in [1.29, 1.82) is 0 Å². The molecule has 0 aromatic carbocycles. The van der Waals surface area contributed by atoms with Gasteiger partial charge in [0.1, 0.15) is 0 Å². The third kappa shape index (κ3) is 4.32. The Labute approximate surface area is 108 Å². The predicted octanol–water partition coefficient (Wildman–Crippen LogP) is 1.81. The van der Waals surface area contributed by atoms with E-state index in [1.165, 1.54) is 6.54 Å². The molecule has 4 heteroatoms. The lowest BCUT2D eigenvalue weighted by Crippen LogP contribution is -2.51. The maximum Gasteiger partial charge on any atom is 0.0799 e. The third-order valence-electron chi connectivity index (χ3n) is 3.40. The fourth-order valence-electron chi connectivity index (χ4n) is 2.09. The largest absolute Gasteiger partial charge is 0.374 e. The molecule has 1 aliphatic heterocycles. The number of halogens is 1. The van der Waals surface area contributed by atoms with E-state index in [0.29, 0.717) is 12.1 Å². The molecule has 3 nitrogen and oxygen atoms in total. The molecular weight excluding hydrogens is 268 g/mol. The molecule has 0 spiro atoms. The smallest absolute Gasteiger partial charge is 0.0799 e. The number of ether oxygens (including phenoxy) is 1. The Balaban J connectivity index is 2.33. The highest BCUT2D eigenvalue weighted by Gasteiger charge is 2.25. The fourth-order valence-corrected chi connectivity index (χ4v) is 2.48. The molecule has 1 rings (SSSR count). The molecule has 0 aliphatic carbocycles. The monoisotopic (exact) mass is 292 g/mol. The molecular formula is C12H25BrN2O. The van der Waals surface area contributed by atoms with Crippen LogP contribution in [0.2, 0.25) is 0 Å². The summed E-state index contributed by atoms with van der Waals surface area (Å²) in [6.07, 6.45) is 0.368. The summed E-state index contributed by atoms with van der Waals surface area (Å²) < 4.78 is 5.73. The standard InChI is InChI=1S/C12H25BrN2O/c1-4-14(5-2)6-7-15-9-12(8-13)16-10-11(15)3/h11-12H,4-10H2,1-3H3. The average molecular weight is 293 g/mol. The summed E-state index contributed by atoms with van der Waals surface area (Å²) in [5.74, 6) is 0. The molecule has 0 saturated carbocycles. The second kappa shape index (κ2) is 7.64. The van der Waals surface area contributed by atoms with Gasteiger partial charge in [0.15, 0.2) is 0 Å². The minimum atomic E-state index is 0.368. The van der Waals surface area contributed by atoms with Crippen LogP contribution in [-0.2, 0) is 4.74 Å². The molecule has 16 heavy (non-hydrogen) atoms. The van der Waals surface area contributed by atoms with Crippen molar-refractivity contribution >= 4 is 15.9 Å². The van der Waals surface area contributed by atoms with E-state index >= 15 is 0 Å². The number of morpholine rings is 1. The molecule has 0 radical (unpaired) electrons. The normalized spacial score (nSPS) is 27.6. The second-order valence-corrected chi connectivity index (χ2v) is 5.13. The van der Waals surface area contributed by atoms with E-state index in [0.717, 1.165) is 38.1 Å². The Kier molecular flexibility index (Phi) is 6.89. The summed E-state index contributed by atoms with van der Waals surface area (Å²) in [6, 6.07) is 0.561. The summed E-state index contributed by atoms with van der Waals surface area (Å²) in [5, 5.41) is 0.946. The van der Waals surface area contributed by atoms with Crippen molar-refractivity contribution in [2.75, 3.05) is 44.7 Å². The van der Waals surface area contributed by atoms with Gasteiger partial charge in [0.05, 0.1) is 12.7 Å². The van der Waals surface area contributed by atoms with E-state index in [9.17, 15) is 0 Å². The maximum absolute atomic E-state index is 5.73. The van der Waals surface area contributed by atoms with Crippen LogP contribution in [0.4, 0.5) is 0 Å². The number of hydrogen-bond donors (Lipinski definition) is 0. The molecule has 0 N–H and O–H groups in total. The molecule has 0 aromatic rings. The lowest BCUT2D eigenvalue weighted by Gasteiger charge is -2.38. The van der Waals surface area contributed by atoms with Gasteiger partial charge in [-0.25, -0.2) is 0 Å². The first-order chi connectivity index (χ1) is 7.71. The Hall–Kier alpha value is 0.360. The van der Waals surface area contributed by atoms with Crippen molar-refractivity contribution in [1.82, 2.24) is 9.80 Å². The van der Waals surface area contributed by atoms with Crippen LogP contribution >= 0.6 is 15.9 Å². The lowest BCUT2D eigenvalue weighted by atomic mass is 10.2. The van der Waals surface area contributed by atoms with E-state index in [2.05, 4.69) is 46.5 Å². The zero-order valence-electron chi connectivity index (χ0n) is 10.8. The van der Waals surface area contributed by atoms with Crippen molar-refractivity contribution < 1.29 is 4.74 Å². The number of nitrogens with zero attached hydrogens (tertiary/aromatic N) is 2. The first-order valence-corrected chi connectivity index (χ1v) is 7.47. The van der Waals surface area contributed by atoms with E-state index < -0.39 is 0 Å². The van der Waals surface area contributed by atoms with Crippen molar-refractivity contribution in [2.45, 2.75) is 32.9 Å². The minimum Gasteiger partial charge on any atom is -0.374 e. The van der Waals surface area contributed by atoms with Crippen molar-refractivity contribution in [3.63, 3.8) is 0 Å². The highest BCUT2D eigenvalue weighted by molar-refractivity contribution is 9.09. The minimum absolute atomic E-state index is 0.368. The Morgan fingerprint density at radius 3 is 2.62 bits per heavy atom. The maximum atomic E-state index is 5.73. The van der Waals surface area contributed by atoms with Crippen molar-refractivity contribution in [3.8, 4) is 0 Å². The van der Waals surface area contributed by atoms with Crippen LogP contribution in [0, 0.1) is 0 Å². The van der Waals surface area contributed by atoms with Crippen molar-refractivity contribution in [2.24, 2.45) is 0 Å². The summed E-state index contributed by atoms with van der Waals surface area (Å²) in [4.78, 5) is 5.03. The first kappa shape index (κ1) is 14.4. The number of hydrogen-bond acceptors (Lipinski definition) is 3. The number of alkyl halides is 1. The van der Waals surface area contributed by atoms with Gasteiger partial charge in [-0.2, -0.15) is 0 Å². The van der Waals surface area contributed by atoms with Gasteiger partial charge in [-0.1, -0.05) is 29.8 Å². The van der Waals surface area contributed by atoms with Crippen LogP contribution in [0.25, 0.3) is 0 Å². The molecule has 1 heterocycles. The van der Waals surface area contributed by atoms with E-state index in [1.807, 2.05) is 0 Å². The molecule has 1 saturated heterocycles. The van der Waals surface area contributed by atoms with Crippen LogP contribution in [-0.4, -0.2) is 66.6 Å². The summed E-state index contributed by atoms with van der Waals surface area (Å²) in [6.45, 7) is 13.3. The van der Waals surface area contributed by atoms with Crippen LogP contribution in [0.15, 0.2) is 0 Å². The van der Waals surface area contributed by atoms with Gasteiger partial charge >= 0.3 is 0 Å². The quantitative estimate of drug-likeness (QED) is 0.695. The Morgan fingerprint density at radius 2 is 2.06 bits per heavy atom. The van der Waals surface area contributed by atoms with E-state index in [1.54, 1.807) is 0 Å². The predicted molar refractivity (Wildman–Crippen MR) is 72.4 cm³/mol. The van der Waals surface area contributed by atoms with Crippen LogP contribution in [0.1, 0.15) is 20.8 Å². The molecule has 2 atom stereocenters. The molecule has 1 fully saturated rings. The van der Waals surface area contributed by atoms with Crippen LogP contribution < -0.4 is 0 Å². The molecule has 0 aromatic heterocycles. The van der Waals surface area contributed by atoms with E-state index in [4.69, 9.17) is 4.74 Å². The number of rotatable bonds is 6. The highest BCUT2D eigenvalue weighted by Crippen LogP contribution is 2.13. The first-order valence-electron chi connectivity index (χ1n) is 6.35. The topological polar surface area (TPSA) is 15.7 Å². The summed E-state index contributed by atoms with van der Waals surface area (Å²) in [7, 11) is 0. The van der Waals surface area contributed by atoms with Gasteiger partial charge in [-0.05, 0) is 20.0 Å². The lowest BCUT2D eigenvalue weighted by molar-refractivity contribution is -0.0485. The third-order valence-corrected chi connectivity index (χ3v) is 4.13. The van der Waals surface area contributed by atoms with Gasteiger partial charge in [0, 0.05) is 31.0 Å². The van der Waals surface area contributed by atoms with Gasteiger partial charge in [0.25, 0.3) is 0 Å². The van der Waals surface area contributed by atoms with Gasteiger partial charge < -0.3 is 9.64 Å². The highest BCUT2D eigenvalue weighted by atomic mass is 79.9. The molecule has 1 aliphatic rings. The van der Waals surface area contributed by atoms with E-state index in [-0.39, 0.29) is 0 Å². The van der Waals surface area contributed by atoms with Crippen LogP contribution in [0.5, 0.6) is 0 Å². The summed E-state index contributed by atoms with van der Waals surface area (Å²) >= 11 is 3.50. The second-order valence-electron chi connectivity index (χ2n) is 4.48. The number of likely N-dealkylation sites (N-methyl/N-ethyl adjacent to an activating group) is 1. The molecule has 96 valence electrons. The van der Waals surface area contributed by atoms with Gasteiger partial charge in [-0.15, -0.1) is 0 Å². The molecule has 0 bridgehead atoms. The molecule has 2 unspecified atom stereocenters. The fraction of sp³-hybridized carbons (Fsp3) is 1.00. The zero-order valence-corrected chi connectivity index (χ0v) is 12.4. The average Bonchev–Trinajstić information content (AvgIpc) is 2.32.